The number of anilines is 1. The number of hydrogen-bond acceptors (Lipinski definition) is 5. The lowest BCUT2D eigenvalue weighted by Gasteiger charge is -2.05. The summed E-state index contributed by atoms with van der Waals surface area (Å²) in [6.07, 6.45) is 0. The SMILES string of the molecule is Cc1cccc(NC(=O)CSc2nc(O)cc(=O)[nH]2)c1. The Bertz CT molecular complexity index is 685. The molecule has 1 aromatic heterocycles. The number of aromatic hydroxyl groups is 1. The van der Waals surface area contributed by atoms with Crippen LogP contribution in [0.25, 0.3) is 0 Å². The van der Waals surface area contributed by atoms with E-state index in [0.29, 0.717) is 5.69 Å². The van der Waals surface area contributed by atoms with Crippen LogP contribution in [0.2, 0.25) is 0 Å². The summed E-state index contributed by atoms with van der Waals surface area (Å²) in [5.41, 5.74) is 1.31. The maximum Gasteiger partial charge on any atom is 0.255 e. The van der Waals surface area contributed by atoms with Gasteiger partial charge >= 0.3 is 0 Å². The summed E-state index contributed by atoms with van der Waals surface area (Å²) in [5, 5.41) is 12.1. The van der Waals surface area contributed by atoms with Gasteiger partial charge in [0.05, 0.1) is 11.8 Å². The van der Waals surface area contributed by atoms with E-state index in [-0.39, 0.29) is 22.7 Å². The van der Waals surface area contributed by atoms with Gasteiger partial charge in [0.25, 0.3) is 5.56 Å². The van der Waals surface area contributed by atoms with Crippen LogP contribution >= 0.6 is 11.8 Å². The molecule has 1 amide bonds. The number of thioether (sulfide) groups is 1. The predicted octanol–water partition coefficient (Wildman–Crippen LogP) is 1.51. The monoisotopic (exact) mass is 291 g/mol. The molecule has 0 aliphatic rings. The fourth-order valence-electron chi connectivity index (χ4n) is 1.55. The zero-order chi connectivity index (χ0) is 14.5. The number of benzene rings is 1. The smallest absolute Gasteiger partial charge is 0.255 e. The minimum Gasteiger partial charge on any atom is -0.493 e. The molecule has 104 valence electrons. The number of aromatic nitrogens is 2. The molecule has 0 spiro atoms. The first kappa shape index (κ1) is 14.1. The first-order chi connectivity index (χ1) is 9.52. The molecule has 1 heterocycles. The molecule has 0 aliphatic heterocycles. The van der Waals surface area contributed by atoms with E-state index in [4.69, 9.17) is 0 Å². The van der Waals surface area contributed by atoms with E-state index in [1.807, 2.05) is 25.1 Å². The summed E-state index contributed by atoms with van der Waals surface area (Å²) < 4.78 is 0. The summed E-state index contributed by atoms with van der Waals surface area (Å²) in [6.45, 7) is 1.94. The van der Waals surface area contributed by atoms with E-state index in [9.17, 15) is 14.7 Å². The average Bonchev–Trinajstić information content (AvgIpc) is 2.35. The maximum atomic E-state index is 11.8. The van der Waals surface area contributed by atoms with E-state index in [0.717, 1.165) is 23.4 Å². The van der Waals surface area contributed by atoms with E-state index in [2.05, 4.69) is 15.3 Å². The molecule has 2 aromatic rings. The molecule has 0 saturated carbocycles. The Morgan fingerprint density at radius 2 is 2.25 bits per heavy atom. The Balaban J connectivity index is 1.93. The van der Waals surface area contributed by atoms with Crippen molar-refractivity contribution < 1.29 is 9.90 Å². The molecule has 7 heteroatoms. The summed E-state index contributed by atoms with van der Waals surface area (Å²) in [7, 11) is 0. The van der Waals surface area contributed by atoms with E-state index < -0.39 is 5.56 Å². The van der Waals surface area contributed by atoms with Crippen LogP contribution in [0, 0.1) is 6.92 Å². The molecule has 0 radical (unpaired) electrons. The molecule has 0 bridgehead atoms. The third kappa shape index (κ3) is 4.13. The third-order valence-electron chi connectivity index (χ3n) is 2.35. The minimum absolute atomic E-state index is 0.0837. The number of nitrogens with zero attached hydrogens (tertiary/aromatic N) is 1. The van der Waals surface area contributed by atoms with Gasteiger partial charge in [0.15, 0.2) is 5.16 Å². The van der Waals surface area contributed by atoms with Gasteiger partial charge in [0, 0.05) is 5.69 Å². The summed E-state index contributed by atoms with van der Waals surface area (Å²) in [6, 6.07) is 8.41. The number of amides is 1. The lowest BCUT2D eigenvalue weighted by molar-refractivity contribution is -0.113. The van der Waals surface area contributed by atoms with Gasteiger partial charge in [0.1, 0.15) is 0 Å². The van der Waals surface area contributed by atoms with Crippen LogP contribution in [-0.4, -0.2) is 26.7 Å². The Morgan fingerprint density at radius 3 is 2.95 bits per heavy atom. The molecular formula is C13H13N3O3S. The van der Waals surface area contributed by atoms with Gasteiger partial charge in [0.2, 0.25) is 11.8 Å². The van der Waals surface area contributed by atoms with Crippen molar-refractivity contribution >= 4 is 23.4 Å². The Morgan fingerprint density at radius 1 is 1.45 bits per heavy atom. The minimum atomic E-state index is -0.459. The van der Waals surface area contributed by atoms with Crippen LogP contribution in [0.1, 0.15) is 5.56 Å². The fourth-order valence-corrected chi connectivity index (χ4v) is 2.22. The maximum absolute atomic E-state index is 11.8. The lowest BCUT2D eigenvalue weighted by Crippen LogP contribution is -2.15. The highest BCUT2D eigenvalue weighted by molar-refractivity contribution is 7.99. The number of carbonyl (C=O) groups excluding carboxylic acids is 1. The van der Waals surface area contributed by atoms with Gasteiger partial charge < -0.3 is 15.4 Å². The second kappa shape index (κ2) is 6.25. The van der Waals surface area contributed by atoms with Crippen molar-refractivity contribution in [2.75, 3.05) is 11.1 Å². The number of nitrogens with one attached hydrogen (secondary N) is 2. The summed E-state index contributed by atoms with van der Waals surface area (Å²) >= 11 is 1.04. The highest BCUT2D eigenvalue weighted by Crippen LogP contribution is 2.15. The van der Waals surface area contributed by atoms with Crippen molar-refractivity contribution in [3.05, 3.63) is 46.2 Å². The van der Waals surface area contributed by atoms with Gasteiger partial charge in [-0.25, -0.2) is 0 Å². The van der Waals surface area contributed by atoms with Crippen molar-refractivity contribution in [2.45, 2.75) is 12.1 Å². The van der Waals surface area contributed by atoms with E-state index >= 15 is 0 Å². The summed E-state index contributed by atoms with van der Waals surface area (Å²) in [5.74, 6) is -0.498. The molecule has 6 nitrogen and oxygen atoms in total. The van der Waals surface area contributed by atoms with Gasteiger partial charge in [-0.2, -0.15) is 4.98 Å². The zero-order valence-electron chi connectivity index (χ0n) is 10.7. The van der Waals surface area contributed by atoms with Crippen LogP contribution in [0.4, 0.5) is 5.69 Å². The second-order valence-electron chi connectivity index (χ2n) is 4.12. The largest absolute Gasteiger partial charge is 0.493 e. The highest BCUT2D eigenvalue weighted by atomic mass is 32.2. The Kier molecular flexibility index (Phi) is 4.41. The quantitative estimate of drug-likeness (QED) is 0.586. The van der Waals surface area contributed by atoms with Gasteiger partial charge in [-0.1, -0.05) is 23.9 Å². The van der Waals surface area contributed by atoms with Crippen molar-refractivity contribution in [1.82, 2.24) is 9.97 Å². The zero-order valence-corrected chi connectivity index (χ0v) is 11.5. The van der Waals surface area contributed by atoms with Gasteiger partial charge in [-0.05, 0) is 24.6 Å². The predicted molar refractivity (Wildman–Crippen MR) is 77.1 cm³/mol. The Hall–Kier alpha value is -2.28. The number of carbonyl (C=O) groups is 1. The van der Waals surface area contributed by atoms with Crippen molar-refractivity contribution in [1.29, 1.82) is 0 Å². The lowest BCUT2D eigenvalue weighted by atomic mass is 10.2. The molecule has 20 heavy (non-hydrogen) atoms. The molecule has 0 aliphatic carbocycles. The highest BCUT2D eigenvalue weighted by Gasteiger charge is 2.06. The van der Waals surface area contributed by atoms with E-state index in [1.54, 1.807) is 6.07 Å². The van der Waals surface area contributed by atoms with E-state index in [1.165, 1.54) is 0 Å². The standard InChI is InChI=1S/C13H13N3O3S/c1-8-3-2-4-9(5-8)14-12(19)7-20-13-15-10(17)6-11(18)16-13/h2-6H,7H2,1H3,(H,14,19)(H2,15,16,17,18). The molecule has 3 N–H and O–H groups in total. The van der Waals surface area contributed by atoms with Gasteiger partial charge in [-0.15, -0.1) is 0 Å². The number of rotatable bonds is 4. The first-order valence-electron chi connectivity index (χ1n) is 5.82. The molecule has 2 rings (SSSR count). The fraction of sp³-hybridized carbons (Fsp3) is 0.154. The average molecular weight is 291 g/mol. The van der Waals surface area contributed by atoms with Crippen molar-refractivity contribution in [2.24, 2.45) is 0 Å². The molecular weight excluding hydrogens is 278 g/mol. The molecule has 0 saturated heterocycles. The van der Waals surface area contributed by atoms with Crippen LogP contribution in [0.15, 0.2) is 40.3 Å². The van der Waals surface area contributed by atoms with Crippen molar-refractivity contribution in [3.8, 4) is 5.88 Å². The molecule has 0 unspecified atom stereocenters. The van der Waals surface area contributed by atoms with Crippen LogP contribution in [-0.2, 0) is 4.79 Å². The van der Waals surface area contributed by atoms with Crippen molar-refractivity contribution in [3.63, 3.8) is 0 Å². The summed E-state index contributed by atoms with van der Waals surface area (Å²) in [4.78, 5) is 29.0. The molecule has 0 fully saturated rings. The van der Waals surface area contributed by atoms with Gasteiger partial charge in [-0.3, -0.25) is 9.59 Å². The molecule has 0 atom stereocenters. The number of aromatic amines is 1. The Labute approximate surface area is 119 Å². The van der Waals surface area contributed by atoms with Crippen LogP contribution in [0.5, 0.6) is 5.88 Å². The molecule has 1 aromatic carbocycles. The second-order valence-corrected chi connectivity index (χ2v) is 5.08. The number of aryl methyl sites for hydroxylation is 1. The van der Waals surface area contributed by atoms with Crippen LogP contribution < -0.4 is 10.9 Å². The first-order valence-corrected chi connectivity index (χ1v) is 6.81. The number of H-pyrrole nitrogens is 1. The topological polar surface area (TPSA) is 95.1 Å². The normalized spacial score (nSPS) is 10.2. The third-order valence-corrected chi connectivity index (χ3v) is 3.22. The number of hydrogen-bond donors (Lipinski definition) is 3. The van der Waals surface area contributed by atoms with Crippen LogP contribution in [0.3, 0.4) is 0 Å².